The summed E-state index contributed by atoms with van der Waals surface area (Å²) in [5.74, 6) is 1.02. The average Bonchev–Trinajstić information content (AvgIpc) is 2.38. The Morgan fingerprint density at radius 1 is 0.750 bits per heavy atom. The molecule has 0 aromatic carbocycles. The lowest BCUT2D eigenvalue weighted by molar-refractivity contribution is 0.386. The number of unbranched alkanes of at least 4 members (excludes halogenated alkanes) is 12. The minimum atomic E-state index is -3.93. The maximum Gasteiger partial charge on any atom is 0.348 e. The van der Waals surface area contributed by atoms with Crippen molar-refractivity contribution in [2.45, 2.75) is 90.4 Å². The number of hydrogen-bond donors (Lipinski definition) is 2. The van der Waals surface area contributed by atoms with E-state index in [0.29, 0.717) is 0 Å². The van der Waals surface area contributed by atoms with Gasteiger partial charge in [-0.05, 0) is 12.8 Å². The van der Waals surface area contributed by atoms with Crippen molar-refractivity contribution in [3.63, 3.8) is 0 Å². The number of hydrogen-bond acceptors (Lipinski definition) is 1. The second kappa shape index (κ2) is 13.9. The van der Waals surface area contributed by atoms with Crippen LogP contribution < -0.4 is 0 Å². The summed E-state index contributed by atoms with van der Waals surface area (Å²) in [7, 11) is -3.93. The van der Waals surface area contributed by atoms with Gasteiger partial charge in [-0.15, -0.1) is 0 Å². The van der Waals surface area contributed by atoms with Gasteiger partial charge in [0.1, 0.15) is 0 Å². The first kappa shape index (κ1) is 19.9. The molecule has 0 radical (unpaired) electrons. The maximum atomic E-state index is 10.6. The highest BCUT2D eigenvalue weighted by Crippen LogP contribution is 2.36. The first-order valence-corrected chi connectivity index (χ1v) is 9.97. The molecule has 0 aromatic heterocycles. The first-order chi connectivity index (χ1) is 9.56. The van der Waals surface area contributed by atoms with E-state index in [1.54, 1.807) is 6.08 Å². The van der Waals surface area contributed by atoms with Crippen LogP contribution >= 0.6 is 7.60 Å². The Bertz CT molecular complexity index is 271. The molecule has 2 N–H and O–H groups in total. The molecule has 0 aliphatic rings. The number of allylic oxidation sites excluding steroid dienone is 1. The molecule has 4 heteroatoms. The second-order valence-electron chi connectivity index (χ2n) is 5.65. The van der Waals surface area contributed by atoms with E-state index in [1.807, 2.05) is 0 Å². The zero-order chi connectivity index (χ0) is 15.1. The van der Waals surface area contributed by atoms with Gasteiger partial charge >= 0.3 is 7.60 Å². The summed E-state index contributed by atoms with van der Waals surface area (Å²) in [5.41, 5.74) is 0. The van der Waals surface area contributed by atoms with Crippen LogP contribution in [-0.4, -0.2) is 9.79 Å². The highest BCUT2D eigenvalue weighted by atomic mass is 31.2. The molecule has 0 saturated carbocycles. The summed E-state index contributed by atoms with van der Waals surface area (Å²) in [6.45, 7) is 2.25. The van der Waals surface area contributed by atoms with E-state index in [0.717, 1.165) is 18.7 Å². The van der Waals surface area contributed by atoms with Gasteiger partial charge in [-0.3, -0.25) is 4.57 Å². The zero-order valence-electron chi connectivity index (χ0n) is 13.1. The van der Waals surface area contributed by atoms with Crippen LogP contribution in [0.5, 0.6) is 0 Å². The molecule has 0 saturated heterocycles. The zero-order valence-corrected chi connectivity index (χ0v) is 14.0. The molecule has 0 atom stereocenters. The standard InChI is InChI=1S/C16H33O3P/c1-2-3-4-5-6-7-8-9-10-11-12-13-14-15-16-20(17,18)19/h15-16H,2-14H2,1H3,(H2,17,18,19). The second-order valence-corrected chi connectivity index (χ2v) is 7.13. The molecule has 0 aromatic rings. The Morgan fingerprint density at radius 3 is 1.55 bits per heavy atom. The van der Waals surface area contributed by atoms with Crippen LogP contribution in [0.25, 0.3) is 0 Å². The van der Waals surface area contributed by atoms with E-state index in [9.17, 15) is 4.57 Å². The first-order valence-electron chi connectivity index (χ1n) is 8.29. The topological polar surface area (TPSA) is 57.5 Å². The van der Waals surface area contributed by atoms with Gasteiger partial charge in [0.25, 0.3) is 0 Å². The fourth-order valence-electron chi connectivity index (χ4n) is 2.32. The third-order valence-electron chi connectivity index (χ3n) is 3.52. The smallest absolute Gasteiger partial charge is 0.321 e. The van der Waals surface area contributed by atoms with Gasteiger partial charge in [-0.2, -0.15) is 0 Å². The summed E-state index contributed by atoms with van der Waals surface area (Å²) in [6.07, 6.45) is 18.1. The normalized spacial score (nSPS) is 12.3. The van der Waals surface area contributed by atoms with Crippen molar-refractivity contribution in [2.24, 2.45) is 0 Å². The average molecular weight is 304 g/mol. The Morgan fingerprint density at radius 2 is 1.15 bits per heavy atom. The summed E-state index contributed by atoms with van der Waals surface area (Å²) in [4.78, 5) is 17.3. The third kappa shape index (κ3) is 17.9. The van der Waals surface area contributed by atoms with Gasteiger partial charge in [0, 0.05) is 5.82 Å². The summed E-state index contributed by atoms with van der Waals surface area (Å²) >= 11 is 0. The molecule has 0 aliphatic heterocycles. The molecule has 0 unspecified atom stereocenters. The fraction of sp³-hybridized carbons (Fsp3) is 0.875. The lowest BCUT2D eigenvalue weighted by Gasteiger charge is -2.02. The SMILES string of the molecule is CCCCCCCCCCCCCCC=CP(=O)(O)O. The molecule has 0 amide bonds. The van der Waals surface area contributed by atoms with Crippen LogP contribution in [-0.2, 0) is 4.57 Å². The molecule has 0 spiro atoms. The monoisotopic (exact) mass is 304 g/mol. The molecule has 0 rings (SSSR count). The Hall–Kier alpha value is -0.110. The molecular formula is C16H33O3P. The van der Waals surface area contributed by atoms with E-state index in [4.69, 9.17) is 9.79 Å². The maximum absolute atomic E-state index is 10.6. The van der Waals surface area contributed by atoms with Crippen LogP contribution in [0.15, 0.2) is 11.9 Å². The van der Waals surface area contributed by atoms with Crippen molar-refractivity contribution in [2.75, 3.05) is 0 Å². The predicted octanol–water partition coefficient (Wildman–Crippen LogP) is 5.77. The molecule has 0 aliphatic carbocycles. The molecule has 0 heterocycles. The minimum absolute atomic E-state index is 0.780. The summed E-state index contributed by atoms with van der Waals surface area (Å²) in [5, 5.41) is 0. The molecule has 20 heavy (non-hydrogen) atoms. The quantitative estimate of drug-likeness (QED) is 0.316. The lowest BCUT2D eigenvalue weighted by Crippen LogP contribution is -1.82. The van der Waals surface area contributed by atoms with Gasteiger partial charge < -0.3 is 9.79 Å². The third-order valence-corrected chi connectivity index (χ3v) is 4.12. The Kier molecular flexibility index (Phi) is 13.8. The van der Waals surface area contributed by atoms with Crippen molar-refractivity contribution in [3.05, 3.63) is 11.9 Å². The summed E-state index contributed by atoms with van der Waals surface area (Å²) in [6, 6.07) is 0. The molecule has 3 nitrogen and oxygen atoms in total. The van der Waals surface area contributed by atoms with Crippen molar-refractivity contribution in [1.82, 2.24) is 0 Å². The van der Waals surface area contributed by atoms with E-state index < -0.39 is 7.60 Å². The number of rotatable bonds is 14. The van der Waals surface area contributed by atoms with Crippen molar-refractivity contribution < 1.29 is 14.4 Å². The van der Waals surface area contributed by atoms with Crippen LogP contribution in [0, 0.1) is 0 Å². The van der Waals surface area contributed by atoms with Gasteiger partial charge in [0.2, 0.25) is 0 Å². The fourth-order valence-corrected chi connectivity index (χ4v) is 2.74. The molecular weight excluding hydrogens is 271 g/mol. The Labute approximate surface area is 125 Å². The van der Waals surface area contributed by atoms with Crippen LogP contribution in [0.4, 0.5) is 0 Å². The van der Waals surface area contributed by atoms with Gasteiger partial charge in [0.15, 0.2) is 0 Å². The molecule has 0 fully saturated rings. The van der Waals surface area contributed by atoms with Crippen LogP contribution in [0.1, 0.15) is 90.4 Å². The predicted molar refractivity (Wildman–Crippen MR) is 86.9 cm³/mol. The molecule has 120 valence electrons. The summed E-state index contributed by atoms with van der Waals surface area (Å²) < 4.78 is 10.6. The van der Waals surface area contributed by atoms with Crippen LogP contribution in [0.3, 0.4) is 0 Å². The minimum Gasteiger partial charge on any atom is -0.321 e. The lowest BCUT2D eigenvalue weighted by atomic mass is 10.0. The van der Waals surface area contributed by atoms with E-state index in [1.165, 1.54) is 70.6 Å². The van der Waals surface area contributed by atoms with Crippen molar-refractivity contribution in [1.29, 1.82) is 0 Å². The Balaban J connectivity index is 3.10. The van der Waals surface area contributed by atoms with E-state index in [-0.39, 0.29) is 0 Å². The van der Waals surface area contributed by atoms with Gasteiger partial charge in [-0.1, -0.05) is 83.6 Å². The van der Waals surface area contributed by atoms with E-state index >= 15 is 0 Å². The van der Waals surface area contributed by atoms with E-state index in [2.05, 4.69) is 6.92 Å². The van der Waals surface area contributed by atoms with Gasteiger partial charge in [-0.25, -0.2) is 0 Å². The largest absolute Gasteiger partial charge is 0.348 e. The van der Waals surface area contributed by atoms with Crippen molar-refractivity contribution in [3.8, 4) is 0 Å². The van der Waals surface area contributed by atoms with Gasteiger partial charge in [0.05, 0.1) is 0 Å². The van der Waals surface area contributed by atoms with Crippen LogP contribution in [0.2, 0.25) is 0 Å². The highest BCUT2D eigenvalue weighted by Gasteiger charge is 2.04. The highest BCUT2D eigenvalue weighted by molar-refractivity contribution is 7.55. The molecule has 0 bridgehead atoms. The van der Waals surface area contributed by atoms with Crippen molar-refractivity contribution >= 4 is 7.60 Å².